The molecule has 1 N–H and O–H groups in total. The van der Waals surface area contributed by atoms with Gasteiger partial charge in [-0.05, 0) is 11.1 Å². The highest BCUT2D eigenvalue weighted by Gasteiger charge is 2.45. The SMILES string of the molecule is C[NH+](Cc1cnn(Cc2ccccc2)c1)CN1C(=O)C(=O)N(Cc2ccccc2)C1=O. The molecule has 31 heavy (non-hydrogen) atoms. The summed E-state index contributed by atoms with van der Waals surface area (Å²) in [6, 6.07) is 18.6. The molecule has 1 atom stereocenters. The van der Waals surface area contributed by atoms with Crippen molar-refractivity contribution < 1.29 is 19.3 Å². The van der Waals surface area contributed by atoms with Crippen molar-refractivity contribution in [3.05, 3.63) is 89.7 Å². The van der Waals surface area contributed by atoms with Crippen LogP contribution in [0.3, 0.4) is 0 Å². The maximum absolute atomic E-state index is 12.7. The first-order chi connectivity index (χ1) is 15.0. The van der Waals surface area contributed by atoms with Crippen LogP contribution in [0, 0.1) is 0 Å². The molecular weight excluding hydrogens is 394 g/mol. The highest BCUT2D eigenvalue weighted by molar-refractivity contribution is 6.44. The van der Waals surface area contributed by atoms with Gasteiger partial charge in [-0.2, -0.15) is 5.10 Å². The Morgan fingerprint density at radius 2 is 1.35 bits per heavy atom. The van der Waals surface area contributed by atoms with E-state index >= 15 is 0 Å². The van der Waals surface area contributed by atoms with E-state index in [0.717, 1.165) is 31.4 Å². The minimum Gasteiger partial charge on any atom is -0.316 e. The Bertz CT molecular complexity index is 1080. The molecule has 1 fully saturated rings. The van der Waals surface area contributed by atoms with Gasteiger partial charge in [-0.3, -0.25) is 19.2 Å². The van der Waals surface area contributed by atoms with Gasteiger partial charge in [0.1, 0.15) is 6.54 Å². The summed E-state index contributed by atoms with van der Waals surface area (Å²) in [6.07, 6.45) is 3.74. The van der Waals surface area contributed by atoms with Gasteiger partial charge in [-0.25, -0.2) is 9.69 Å². The number of amides is 4. The summed E-state index contributed by atoms with van der Waals surface area (Å²) >= 11 is 0. The van der Waals surface area contributed by atoms with Crippen molar-refractivity contribution in [1.29, 1.82) is 0 Å². The van der Waals surface area contributed by atoms with Crippen molar-refractivity contribution in [2.75, 3.05) is 13.7 Å². The molecule has 0 radical (unpaired) electrons. The quantitative estimate of drug-likeness (QED) is 0.435. The molecule has 4 amide bonds. The zero-order chi connectivity index (χ0) is 21.8. The number of quaternary nitrogens is 1. The largest absolute Gasteiger partial charge is 0.339 e. The second-order valence-electron chi connectivity index (χ2n) is 7.72. The number of nitrogens with zero attached hydrogens (tertiary/aromatic N) is 4. The fourth-order valence-corrected chi connectivity index (χ4v) is 3.62. The van der Waals surface area contributed by atoms with Crippen LogP contribution in [0.1, 0.15) is 16.7 Å². The molecular formula is C23H24N5O3+. The van der Waals surface area contributed by atoms with Crippen LogP contribution >= 0.6 is 0 Å². The van der Waals surface area contributed by atoms with E-state index in [0.29, 0.717) is 13.1 Å². The maximum Gasteiger partial charge on any atom is 0.339 e. The molecule has 8 heteroatoms. The van der Waals surface area contributed by atoms with E-state index in [1.54, 1.807) is 6.20 Å². The number of carbonyl (C=O) groups is 3. The van der Waals surface area contributed by atoms with E-state index in [1.807, 2.05) is 78.6 Å². The van der Waals surface area contributed by atoms with Crippen LogP contribution < -0.4 is 4.90 Å². The van der Waals surface area contributed by atoms with Crippen LogP contribution in [0.4, 0.5) is 4.79 Å². The van der Waals surface area contributed by atoms with Crippen LogP contribution in [0.25, 0.3) is 0 Å². The number of hydrogen-bond acceptors (Lipinski definition) is 4. The minimum atomic E-state index is -0.780. The first-order valence-corrected chi connectivity index (χ1v) is 10.1. The lowest BCUT2D eigenvalue weighted by atomic mass is 10.2. The fraction of sp³-hybridized carbons (Fsp3) is 0.217. The second kappa shape index (κ2) is 8.93. The van der Waals surface area contributed by atoms with E-state index in [4.69, 9.17) is 0 Å². The van der Waals surface area contributed by atoms with Crippen molar-refractivity contribution >= 4 is 17.8 Å². The van der Waals surface area contributed by atoms with Gasteiger partial charge in [0.25, 0.3) is 0 Å². The number of imide groups is 2. The number of nitrogens with one attached hydrogen (secondary N) is 1. The van der Waals surface area contributed by atoms with Crippen LogP contribution in [-0.2, 0) is 29.2 Å². The fourth-order valence-electron chi connectivity index (χ4n) is 3.62. The summed E-state index contributed by atoms with van der Waals surface area (Å²) in [6.45, 7) is 1.44. The summed E-state index contributed by atoms with van der Waals surface area (Å²) in [5, 5.41) is 4.39. The molecule has 1 aromatic heterocycles. The van der Waals surface area contributed by atoms with Crippen LogP contribution in [0.15, 0.2) is 73.1 Å². The molecule has 1 aliphatic heterocycles. The third-order valence-electron chi connectivity index (χ3n) is 5.13. The van der Waals surface area contributed by atoms with Crippen molar-refractivity contribution in [1.82, 2.24) is 19.6 Å². The molecule has 2 aromatic carbocycles. The Kier molecular flexibility index (Phi) is 5.90. The number of rotatable bonds is 8. The lowest BCUT2D eigenvalue weighted by Gasteiger charge is -2.19. The predicted molar refractivity (Wildman–Crippen MR) is 112 cm³/mol. The lowest BCUT2D eigenvalue weighted by molar-refractivity contribution is -0.901. The number of benzene rings is 2. The Morgan fingerprint density at radius 1 is 0.774 bits per heavy atom. The first-order valence-electron chi connectivity index (χ1n) is 10.1. The van der Waals surface area contributed by atoms with Gasteiger partial charge in [0, 0.05) is 11.8 Å². The van der Waals surface area contributed by atoms with Gasteiger partial charge in [0.05, 0.1) is 26.3 Å². The minimum absolute atomic E-state index is 0.0893. The summed E-state index contributed by atoms with van der Waals surface area (Å²) in [4.78, 5) is 40.4. The van der Waals surface area contributed by atoms with Crippen LogP contribution in [0.2, 0.25) is 0 Å². The van der Waals surface area contributed by atoms with Gasteiger partial charge in [-0.15, -0.1) is 0 Å². The molecule has 1 aliphatic rings. The zero-order valence-electron chi connectivity index (χ0n) is 17.3. The highest BCUT2D eigenvalue weighted by atomic mass is 16.2. The summed E-state index contributed by atoms with van der Waals surface area (Å²) in [5.74, 6) is -1.56. The van der Waals surface area contributed by atoms with Crippen molar-refractivity contribution in [2.24, 2.45) is 0 Å². The monoisotopic (exact) mass is 418 g/mol. The molecule has 1 unspecified atom stereocenters. The van der Waals surface area contributed by atoms with Gasteiger partial charge in [0.2, 0.25) is 0 Å². The summed E-state index contributed by atoms with van der Waals surface area (Å²) in [7, 11) is 1.87. The average Bonchev–Trinajstić information content (AvgIpc) is 3.29. The van der Waals surface area contributed by atoms with Gasteiger partial charge >= 0.3 is 17.8 Å². The molecule has 3 aromatic rings. The molecule has 0 bridgehead atoms. The Labute approximate surface area is 180 Å². The Balaban J connectivity index is 1.36. The molecule has 2 heterocycles. The van der Waals surface area contributed by atoms with E-state index in [9.17, 15) is 14.4 Å². The smallest absolute Gasteiger partial charge is 0.316 e. The van der Waals surface area contributed by atoms with Crippen LogP contribution in [-0.4, -0.2) is 51.1 Å². The number of hydrogen-bond donors (Lipinski definition) is 1. The molecule has 8 nitrogen and oxygen atoms in total. The summed E-state index contributed by atoms with van der Waals surface area (Å²) < 4.78 is 1.86. The Hall–Kier alpha value is -3.78. The number of urea groups is 1. The van der Waals surface area contributed by atoms with Gasteiger partial charge in [-0.1, -0.05) is 60.7 Å². The van der Waals surface area contributed by atoms with E-state index in [2.05, 4.69) is 5.10 Å². The van der Waals surface area contributed by atoms with Crippen molar-refractivity contribution in [3.63, 3.8) is 0 Å². The maximum atomic E-state index is 12.7. The van der Waals surface area contributed by atoms with E-state index in [-0.39, 0.29) is 13.2 Å². The van der Waals surface area contributed by atoms with Crippen molar-refractivity contribution in [3.8, 4) is 0 Å². The second-order valence-corrected chi connectivity index (χ2v) is 7.72. The molecule has 158 valence electrons. The zero-order valence-corrected chi connectivity index (χ0v) is 17.3. The molecule has 4 rings (SSSR count). The molecule has 0 saturated carbocycles. The average molecular weight is 418 g/mol. The van der Waals surface area contributed by atoms with Crippen molar-refractivity contribution in [2.45, 2.75) is 19.6 Å². The summed E-state index contributed by atoms with van der Waals surface area (Å²) in [5.41, 5.74) is 2.94. The number of aromatic nitrogens is 2. The standard InChI is InChI=1S/C23H23N5O3/c1-25(13-20-12-24-26(15-20)14-18-8-4-2-5-9-18)17-28-22(30)21(29)27(23(28)31)16-19-10-6-3-7-11-19/h2-12,15H,13-14,16-17H2,1H3/p+1. The van der Waals surface area contributed by atoms with Gasteiger partial charge in [0.15, 0.2) is 6.67 Å². The third kappa shape index (κ3) is 4.70. The number of carbonyl (C=O) groups excluding carboxylic acids is 3. The predicted octanol–water partition coefficient (Wildman–Crippen LogP) is 0.895. The lowest BCUT2D eigenvalue weighted by Crippen LogP contribution is -3.09. The first kappa shape index (κ1) is 20.5. The molecule has 1 saturated heterocycles. The van der Waals surface area contributed by atoms with Gasteiger partial charge < -0.3 is 4.90 Å². The topological polar surface area (TPSA) is 80.0 Å². The normalized spacial score (nSPS) is 15.1. The molecule has 0 aliphatic carbocycles. The van der Waals surface area contributed by atoms with Crippen LogP contribution in [0.5, 0.6) is 0 Å². The van der Waals surface area contributed by atoms with E-state index in [1.165, 1.54) is 0 Å². The highest BCUT2D eigenvalue weighted by Crippen LogP contribution is 2.15. The third-order valence-corrected chi connectivity index (χ3v) is 5.13. The molecule has 0 spiro atoms. The Morgan fingerprint density at radius 3 is 2.00 bits per heavy atom. The van der Waals surface area contributed by atoms with E-state index < -0.39 is 17.8 Å².